The molecule has 1 N–H and O–H groups in total. The molecule has 2 atom stereocenters. The van der Waals surface area contributed by atoms with Crippen LogP contribution < -0.4 is 51.4 Å². The summed E-state index contributed by atoms with van der Waals surface area (Å²) in [4.78, 5) is 0. The first-order valence-corrected chi connectivity index (χ1v) is 13.0. The number of hydrogen-bond donors (Lipinski definition) is 1. The summed E-state index contributed by atoms with van der Waals surface area (Å²) in [5.41, 5.74) is 0. The van der Waals surface area contributed by atoms with Crippen molar-refractivity contribution in [2.45, 2.75) is 141 Å². The third-order valence-electron chi connectivity index (χ3n) is 5.54. The van der Waals surface area contributed by atoms with Crippen molar-refractivity contribution in [3.63, 3.8) is 0 Å². The molecule has 0 aliphatic carbocycles. The zero-order valence-electron chi connectivity index (χ0n) is 19.0. The van der Waals surface area contributed by atoms with Gasteiger partial charge in [-0.15, -0.1) is 0 Å². The second kappa shape index (κ2) is 21.7. The van der Waals surface area contributed by atoms with Crippen LogP contribution in [0.1, 0.15) is 129 Å². The predicted molar refractivity (Wildman–Crippen MR) is 114 cm³/mol. The first kappa shape index (κ1) is 31.7. The maximum Gasteiger partial charge on any atom is 1.00 e. The number of aliphatic hydroxyl groups is 1. The minimum atomic E-state index is -4.28. The fourth-order valence-corrected chi connectivity index (χ4v) is 4.53. The van der Waals surface area contributed by atoms with Crippen LogP contribution in [0.15, 0.2) is 0 Å². The number of rotatable bonds is 20. The predicted octanol–water partition coefficient (Wildman–Crippen LogP) is 3.33. The van der Waals surface area contributed by atoms with Gasteiger partial charge in [0.15, 0.2) is 0 Å². The Hall–Kier alpha value is 1.51. The molecule has 0 saturated carbocycles. The van der Waals surface area contributed by atoms with E-state index < -0.39 is 21.5 Å². The molecule has 0 spiro atoms. The zero-order chi connectivity index (χ0) is 20.4. The number of aliphatic hydroxyl groups excluding tert-OH is 1. The topological polar surface area (TPSA) is 77.4 Å². The maximum atomic E-state index is 11.0. The second-order valence-electron chi connectivity index (χ2n) is 8.15. The van der Waals surface area contributed by atoms with Gasteiger partial charge in [0.2, 0.25) is 0 Å². The molecule has 4 nitrogen and oxygen atoms in total. The van der Waals surface area contributed by atoms with Crippen molar-refractivity contribution in [3.05, 3.63) is 0 Å². The van der Waals surface area contributed by atoms with Crippen LogP contribution in [-0.2, 0) is 10.1 Å². The zero-order valence-corrected chi connectivity index (χ0v) is 22.9. The summed E-state index contributed by atoms with van der Waals surface area (Å²) in [6.45, 7) is 3.94. The normalized spacial score (nSPS) is 13.9. The van der Waals surface area contributed by atoms with Gasteiger partial charge in [-0.25, -0.2) is 8.42 Å². The third-order valence-corrected chi connectivity index (χ3v) is 6.88. The van der Waals surface area contributed by atoms with E-state index in [1.807, 2.05) is 0 Å². The molecule has 0 saturated heterocycles. The largest absolute Gasteiger partial charge is 1.00 e. The van der Waals surface area contributed by atoms with Crippen molar-refractivity contribution in [3.8, 4) is 0 Å². The monoisotopic (exact) mass is 444 g/mol. The summed E-state index contributed by atoms with van der Waals surface area (Å²) in [5.74, 6) is 0. The van der Waals surface area contributed by atoms with E-state index in [-0.39, 0.29) is 64.2 Å². The molecule has 0 aromatic rings. The van der Waals surface area contributed by atoms with E-state index in [0.29, 0.717) is 6.42 Å². The molecule has 28 heavy (non-hydrogen) atoms. The molecule has 0 aromatic carbocycles. The summed E-state index contributed by atoms with van der Waals surface area (Å²) >= 11 is 0. The van der Waals surface area contributed by atoms with E-state index in [1.165, 1.54) is 83.5 Å². The standard InChI is InChI=1S/C22H46O4S.K/c1-3-5-6-7-8-9-10-11-12-13-14-15-16-17-18-19-21(23)20-22(4-2)27(24,25)26;/h21-23H,3-20H2,1-2H3,(H,24,25,26);/q;+1/p-1. The molecular weight excluding hydrogens is 399 g/mol. The van der Waals surface area contributed by atoms with Crippen LogP contribution in [0.5, 0.6) is 0 Å². The summed E-state index contributed by atoms with van der Waals surface area (Å²) in [5, 5.41) is 8.97. The van der Waals surface area contributed by atoms with Crippen molar-refractivity contribution in [2.24, 2.45) is 0 Å². The Labute approximate surface area is 218 Å². The average Bonchev–Trinajstić information content (AvgIpc) is 2.62. The smallest absolute Gasteiger partial charge is 0.748 e. The van der Waals surface area contributed by atoms with Crippen molar-refractivity contribution < 1.29 is 69.5 Å². The van der Waals surface area contributed by atoms with Crippen LogP contribution in [0.3, 0.4) is 0 Å². The molecule has 0 heterocycles. The van der Waals surface area contributed by atoms with E-state index in [2.05, 4.69) is 6.92 Å². The minimum absolute atomic E-state index is 0. The summed E-state index contributed by atoms with van der Waals surface area (Å²) in [7, 11) is -4.28. The quantitative estimate of drug-likeness (QED) is 0.177. The Morgan fingerprint density at radius 1 is 0.714 bits per heavy atom. The molecule has 0 aliphatic rings. The maximum absolute atomic E-state index is 11.0. The Kier molecular flexibility index (Phi) is 24.6. The van der Waals surface area contributed by atoms with Gasteiger partial charge in [0.05, 0.1) is 21.5 Å². The van der Waals surface area contributed by atoms with E-state index in [4.69, 9.17) is 0 Å². The van der Waals surface area contributed by atoms with Gasteiger partial charge in [-0.3, -0.25) is 0 Å². The molecule has 0 aliphatic heterocycles. The van der Waals surface area contributed by atoms with Crippen molar-refractivity contribution in [1.29, 1.82) is 0 Å². The Balaban J connectivity index is 0. The van der Waals surface area contributed by atoms with Gasteiger partial charge in [0.1, 0.15) is 0 Å². The molecular formula is C22H45KO4S. The van der Waals surface area contributed by atoms with Crippen LogP contribution in [-0.4, -0.2) is 29.4 Å². The minimum Gasteiger partial charge on any atom is -0.748 e. The summed E-state index contributed by atoms with van der Waals surface area (Å²) in [6.07, 6.45) is 19.8. The molecule has 0 aromatic heterocycles. The number of unbranched alkanes of at least 4 members (excludes halogenated alkanes) is 14. The van der Waals surface area contributed by atoms with Crippen LogP contribution in [0.2, 0.25) is 0 Å². The van der Waals surface area contributed by atoms with Gasteiger partial charge < -0.3 is 9.66 Å². The van der Waals surface area contributed by atoms with E-state index >= 15 is 0 Å². The van der Waals surface area contributed by atoms with Crippen molar-refractivity contribution in [1.82, 2.24) is 0 Å². The first-order chi connectivity index (χ1) is 12.9. The van der Waals surface area contributed by atoms with Gasteiger partial charge in [0.25, 0.3) is 0 Å². The van der Waals surface area contributed by atoms with E-state index in [0.717, 1.165) is 12.8 Å². The SMILES string of the molecule is CCCCCCCCCCCCCCCCCC(O)CC(CC)S(=O)(=O)[O-].[K+]. The molecule has 6 heteroatoms. The number of hydrogen-bond acceptors (Lipinski definition) is 4. The van der Waals surface area contributed by atoms with Gasteiger partial charge in [0, 0.05) is 0 Å². The van der Waals surface area contributed by atoms with Gasteiger partial charge >= 0.3 is 51.4 Å². The Morgan fingerprint density at radius 3 is 1.39 bits per heavy atom. The molecule has 0 radical (unpaired) electrons. The van der Waals surface area contributed by atoms with Crippen molar-refractivity contribution >= 4 is 10.1 Å². The second-order valence-corrected chi connectivity index (χ2v) is 9.80. The van der Waals surface area contributed by atoms with Crippen LogP contribution >= 0.6 is 0 Å². The molecule has 0 fully saturated rings. The van der Waals surface area contributed by atoms with Gasteiger partial charge in [-0.05, 0) is 19.3 Å². The van der Waals surface area contributed by atoms with E-state index in [9.17, 15) is 18.1 Å². The van der Waals surface area contributed by atoms with Crippen molar-refractivity contribution in [2.75, 3.05) is 0 Å². The van der Waals surface area contributed by atoms with Gasteiger partial charge in [-0.1, -0.05) is 110 Å². The molecule has 0 rings (SSSR count). The first-order valence-electron chi connectivity index (χ1n) is 11.5. The van der Waals surface area contributed by atoms with Crippen LogP contribution in [0.4, 0.5) is 0 Å². The third kappa shape index (κ3) is 20.8. The molecule has 0 bridgehead atoms. The summed E-state index contributed by atoms with van der Waals surface area (Å²) < 4.78 is 33.1. The van der Waals surface area contributed by atoms with Crippen LogP contribution in [0.25, 0.3) is 0 Å². The Morgan fingerprint density at radius 2 is 1.07 bits per heavy atom. The Bertz CT molecular complexity index is 415. The molecule has 0 amide bonds. The van der Waals surface area contributed by atoms with E-state index in [1.54, 1.807) is 6.92 Å². The fourth-order valence-electron chi connectivity index (χ4n) is 3.66. The van der Waals surface area contributed by atoms with Crippen LogP contribution in [0, 0.1) is 0 Å². The fraction of sp³-hybridized carbons (Fsp3) is 1.00. The molecule has 2 unspecified atom stereocenters. The average molecular weight is 445 g/mol. The van der Waals surface area contributed by atoms with Gasteiger partial charge in [-0.2, -0.15) is 0 Å². The molecule has 164 valence electrons. The summed E-state index contributed by atoms with van der Waals surface area (Å²) in [6, 6.07) is 0.